The fourth-order valence-corrected chi connectivity index (χ4v) is 2.42. The summed E-state index contributed by atoms with van der Waals surface area (Å²) < 4.78 is 11.2. The van der Waals surface area contributed by atoms with Crippen molar-refractivity contribution in [3.63, 3.8) is 0 Å². The number of guanidine groups is 1. The van der Waals surface area contributed by atoms with Gasteiger partial charge < -0.3 is 25.4 Å². The Morgan fingerprint density at radius 3 is 2.54 bits per heavy atom. The van der Waals surface area contributed by atoms with E-state index in [0.29, 0.717) is 38.9 Å². The quantitative estimate of drug-likeness (QED) is 0.197. The third-order valence-corrected chi connectivity index (χ3v) is 4.12. The molecule has 0 radical (unpaired) electrons. The molecule has 3 N–H and O–H groups in total. The third kappa shape index (κ3) is 9.09. The monoisotopic (exact) mass is 506 g/mol. The number of carbonyl (C=O) groups excluding carboxylic acids is 1. The molecule has 28 heavy (non-hydrogen) atoms. The van der Waals surface area contributed by atoms with Crippen LogP contribution in [0.15, 0.2) is 23.2 Å². The van der Waals surface area contributed by atoms with Gasteiger partial charge in [-0.05, 0) is 39.3 Å². The summed E-state index contributed by atoms with van der Waals surface area (Å²) in [6, 6.07) is 6.12. The van der Waals surface area contributed by atoms with Crippen LogP contribution in [0.2, 0.25) is 0 Å². The Morgan fingerprint density at radius 2 is 1.93 bits per heavy atom. The number of amides is 1. The Bertz CT molecular complexity index is 636. The third-order valence-electron chi connectivity index (χ3n) is 4.12. The van der Waals surface area contributed by atoms with Gasteiger partial charge in [0.2, 0.25) is 5.91 Å². The summed E-state index contributed by atoms with van der Waals surface area (Å²) in [6.45, 7) is 10.6. The lowest BCUT2D eigenvalue weighted by atomic mass is 9.92. The molecule has 0 aliphatic rings. The van der Waals surface area contributed by atoms with Gasteiger partial charge in [0.1, 0.15) is 12.4 Å². The van der Waals surface area contributed by atoms with Crippen LogP contribution < -0.4 is 20.7 Å². The van der Waals surface area contributed by atoms with E-state index in [-0.39, 0.29) is 29.9 Å². The number of halogens is 1. The SMILES string of the molecule is CCOCCOc1cc(C)ccc1CNC(=NC)NCC(C)(C)C(=O)NC.I. The van der Waals surface area contributed by atoms with Crippen LogP contribution in [0, 0.1) is 12.3 Å². The maximum Gasteiger partial charge on any atom is 0.227 e. The molecule has 0 heterocycles. The number of hydrogen-bond donors (Lipinski definition) is 3. The second-order valence-corrected chi connectivity index (χ2v) is 6.90. The van der Waals surface area contributed by atoms with Gasteiger partial charge in [0, 0.05) is 39.4 Å². The lowest BCUT2D eigenvalue weighted by molar-refractivity contribution is -0.128. The number of benzene rings is 1. The Balaban J connectivity index is 0.00000729. The second-order valence-electron chi connectivity index (χ2n) is 6.90. The maximum atomic E-state index is 11.9. The van der Waals surface area contributed by atoms with Crippen molar-refractivity contribution in [2.24, 2.45) is 10.4 Å². The Kier molecular flexibility index (Phi) is 12.8. The number of hydrogen-bond acceptors (Lipinski definition) is 4. The van der Waals surface area contributed by atoms with Gasteiger partial charge in [-0.15, -0.1) is 24.0 Å². The van der Waals surface area contributed by atoms with E-state index in [1.165, 1.54) is 0 Å². The van der Waals surface area contributed by atoms with Crippen LogP contribution in [-0.2, 0) is 16.1 Å². The molecule has 1 aromatic carbocycles. The van der Waals surface area contributed by atoms with Crippen LogP contribution in [0.5, 0.6) is 5.75 Å². The highest BCUT2D eigenvalue weighted by Gasteiger charge is 2.26. The second kappa shape index (κ2) is 13.6. The van der Waals surface area contributed by atoms with Crippen LogP contribution in [0.1, 0.15) is 31.9 Å². The highest BCUT2D eigenvalue weighted by molar-refractivity contribution is 14.0. The van der Waals surface area contributed by atoms with E-state index in [0.717, 1.165) is 16.9 Å². The zero-order chi connectivity index (χ0) is 20.3. The van der Waals surface area contributed by atoms with Gasteiger partial charge in [0.05, 0.1) is 12.0 Å². The first kappa shape index (κ1) is 26.4. The summed E-state index contributed by atoms with van der Waals surface area (Å²) in [4.78, 5) is 16.1. The highest BCUT2D eigenvalue weighted by atomic mass is 127. The number of nitrogens with zero attached hydrogens (tertiary/aromatic N) is 1. The van der Waals surface area contributed by atoms with E-state index in [1.54, 1.807) is 14.1 Å². The van der Waals surface area contributed by atoms with Gasteiger partial charge >= 0.3 is 0 Å². The predicted molar refractivity (Wildman–Crippen MR) is 125 cm³/mol. The number of aliphatic imine (C=N–C) groups is 1. The lowest BCUT2D eigenvalue weighted by Crippen LogP contribution is -2.47. The van der Waals surface area contributed by atoms with Crippen LogP contribution >= 0.6 is 24.0 Å². The van der Waals surface area contributed by atoms with Gasteiger partial charge in [0.15, 0.2) is 5.96 Å². The molecule has 0 fully saturated rings. The largest absolute Gasteiger partial charge is 0.491 e. The van der Waals surface area contributed by atoms with E-state index >= 15 is 0 Å². The zero-order valence-corrected chi connectivity index (χ0v) is 20.2. The molecule has 0 bridgehead atoms. The summed E-state index contributed by atoms with van der Waals surface area (Å²) in [7, 11) is 3.35. The van der Waals surface area contributed by atoms with Crippen LogP contribution in [0.25, 0.3) is 0 Å². The Morgan fingerprint density at radius 1 is 1.21 bits per heavy atom. The van der Waals surface area contributed by atoms with E-state index in [2.05, 4.69) is 27.0 Å². The minimum absolute atomic E-state index is 0. The van der Waals surface area contributed by atoms with Crippen LogP contribution in [0.4, 0.5) is 0 Å². The summed E-state index contributed by atoms with van der Waals surface area (Å²) in [5.41, 5.74) is 1.63. The van der Waals surface area contributed by atoms with Crippen LogP contribution in [0.3, 0.4) is 0 Å². The summed E-state index contributed by atoms with van der Waals surface area (Å²) in [6.07, 6.45) is 0. The van der Waals surface area contributed by atoms with Crippen molar-refractivity contribution in [2.45, 2.75) is 34.2 Å². The van der Waals surface area contributed by atoms with E-state index in [9.17, 15) is 4.79 Å². The van der Waals surface area contributed by atoms with Gasteiger partial charge in [-0.1, -0.05) is 12.1 Å². The number of carbonyl (C=O) groups is 1. The highest BCUT2D eigenvalue weighted by Crippen LogP contribution is 2.20. The molecule has 7 nitrogen and oxygen atoms in total. The molecule has 1 aromatic rings. The van der Waals surface area contributed by atoms with Crippen molar-refractivity contribution in [3.05, 3.63) is 29.3 Å². The van der Waals surface area contributed by atoms with Gasteiger partial charge in [-0.2, -0.15) is 0 Å². The molecule has 0 saturated heterocycles. The molecule has 0 atom stereocenters. The smallest absolute Gasteiger partial charge is 0.227 e. The Hall–Kier alpha value is -1.55. The normalized spacial score (nSPS) is 11.4. The molecule has 0 saturated carbocycles. The van der Waals surface area contributed by atoms with E-state index in [1.807, 2.05) is 39.8 Å². The molecule has 160 valence electrons. The van der Waals surface area contributed by atoms with Gasteiger partial charge in [-0.25, -0.2) is 0 Å². The van der Waals surface area contributed by atoms with Crippen molar-refractivity contribution >= 4 is 35.8 Å². The van der Waals surface area contributed by atoms with Gasteiger partial charge in [-0.3, -0.25) is 9.79 Å². The molecule has 8 heteroatoms. The molecule has 0 aromatic heterocycles. The molecular weight excluding hydrogens is 471 g/mol. The molecular formula is C20H35IN4O3. The van der Waals surface area contributed by atoms with E-state index < -0.39 is 5.41 Å². The van der Waals surface area contributed by atoms with Crippen molar-refractivity contribution in [2.75, 3.05) is 40.5 Å². The molecule has 0 aliphatic heterocycles. The number of nitrogens with one attached hydrogen (secondary N) is 3. The average Bonchev–Trinajstić information content (AvgIpc) is 2.65. The van der Waals surface area contributed by atoms with Crippen LogP contribution in [-0.4, -0.2) is 52.3 Å². The lowest BCUT2D eigenvalue weighted by Gasteiger charge is -2.24. The summed E-state index contributed by atoms with van der Waals surface area (Å²) in [5, 5.41) is 9.16. The summed E-state index contributed by atoms with van der Waals surface area (Å²) in [5.74, 6) is 1.45. The number of ether oxygens (including phenoxy) is 2. The summed E-state index contributed by atoms with van der Waals surface area (Å²) >= 11 is 0. The first-order valence-electron chi connectivity index (χ1n) is 9.30. The van der Waals surface area contributed by atoms with Crippen molar-refractivity contribution < 1.29 is 14.3 Å². The maximum absolute atomic E-state index is 11.9. The molecule has 0 unspecified atom stereocenters. The van der Waals surface area contributed by atoms with E-state index in [4.69, 9.17) is 9.47 Å². The topological polar surface area (TPSA) is 84.0 Å². The standard InChI is InChI=1S/C20H34N4O3.HI/c1-7-26-10-11-27-17-12-15(2)8-9-16(17)13-23-19(22-6)24-14-20(3,4)18(25)21-5;/h8-9,12H,7,10-11,13-14H2,1-6H3,(H,21,25)(H2,22,23,24);1H. The number of rotatable bonds is 10. The minimum Gasteiger partial charge on any atom is -0.491 e. The fraction of sp³-hybridized carbons (Fsp3) is 0.600. The average molecular weight is 506 g/mol. The molecule has 0 aliphatic carbocycles. The number of aryl methyl sites for hydroxylation is 1. The fourth-order valence-electron chi connectivity index (χ4n) is 2.42. The predicted octanol–water partition coefficient (Wildman–Crippen LogP) is 2.47. The van der Waals surface area contributed by atoms with Crippen molar-refractivity contribution in [1.29, 1.82) is 0 Å². The minimum atomic E-state index is -0.538. The zero-order valence-electron chi connectivity index (χ0n) is 17.8. The first-order chi connectivity index (χ1) is 12.8. The van der Waals surface area contributed by atoms with Gasteiger partial charge in [0.25, 0.3) is 0 Å². The van der Waals surface area contributed by atoms with Crippen molar-refractivity contribution in [3.8, 4) is 5.75 Å². The Labute approximate surface area is 186 Å². The molecule has 1 amide bonds. The van der Waals surface area contributed by atoms with Crippen molar-refractivity contribution in [1.82, 2.24) is 16.0 Å². The molecule has 1 rings (SSSR count). The molecule has 0 spiro atoms. The first-order valence-corrected chi connectivity index (χ1v) is 9.30.